The lowest BCUT2D eigenvalue weighted by atomic mass is 10.2. The zero-order chi connectivity index (χ0) is 16.5. The topological polar surface area (TPSA) is 31.2 Å². The lowest BCUT2D eigenvalue weighted by Crippen LogP contribution is -2.16. The van der Waals surface area contributed by atoms with Crippen molar-refractivity contribution in [3.8, 4) is 5.75 Å². The van der Waals surface area contributed by atoms with Crippen LogP contribution < -0.4 is 4.74 Å². The van der Waals surface area contributed by atoms with Gasteiger partial charge in [0.2, 0.25) is 0 Å². The molecular formula is C20H14ClNO2. The normalized spacial score (nSPS) is 11.0. The smallest absolute Gasteiger partial charge is 0.331 e. The van der Waals surface area contributed by atoms with Gasteiger partial charge in [0.05, 0.1) is 5.02 Å². The summed E-state index contributed by atoms with van der Waals surface area (Å²) in [6, 6.07) is 23.1. The Morgan fingerprint density at radius 2 is 1.38 bits per heavy atom. The van der Waals surface area contributed by atoms with Gasteiger partial charge in [0.25, 0.3) is 0 Å². The first kappa shape index (κ1) is 14.8. The molecule has 3 nitrogen and oxygen atoms in total. The van der Waals surface area contributed by atoms with Gasteiger partial charge in [-0.1, -0.05) is 60.1 Å². The fraction of sp³-hybridized carbons (Fsp3) is 0.0500. The number of esters is 1. The minimum absolute atomic E-state index is 0.124. The number of halogens is 1. The Bertz CT molecular complexity index is 999. The third-order valence-corrected chi connectivity index (χ3v) is 4.34. The van der Waals surface area contributed by atoms with E-state index in [-0.39, 0.29) is 12.5 Å². The molecule has 0 radical (unpaired) electrons. The van der Waals surface area contributed by atoms with E-state index in [1.54, 1.807) is 24.3 Å². The summed E-state index contributed by atoms with van der Waals surface area (Å²) < 4.78 is 7.40. The van der Waals surface area contributed by atoms with Crippen molar-refractivity contribution in [2.75, 3.05) is 0 Å². The molecule has 0 atom stereocenters. The molecule has 3 aromatic carbocycles. The molecule has 0 spiro atoms. The lowest BCUT2D eigenvalue weighted by molar-refractivity contribution is -0.134. The van der Waals surface area contributed by atoms with Crippen LogP contribution in [0.4, 0.5) is 0 Å². The predicted molar refractivity (Wildman–Crippen MR) is 96.5 cm³/mol. The average Bonchev–Trinajstić information content (AvgIpc) is 2.92. The Balaban J connectivity index is 1.73. The van der Waals surface area contributed by atoms with Crippen LogP contribution in [0.2, 0.25) is 5.02 Å². The first-order chi connectivity index (χ1) is 11.7. The van der Waals surface area contributed by atoms with E-state index < -0.39 is 0 Å². The zero-order valence-corrected chi connectivity index (χ0v) is 13.5. The number of fused-ring (bicyclic) bond motifs is 3. The highest BCUT2D eigenvalue weighted by Crippen LogP contribution is 2.29. The second-order valence-corrected chi connectivity index (χ2v) is 5.93. The van der Waals surface area contributed by atoms with Crippen LogP contribution in [0.1, 0.15) is 0 Å². The van der Waals surface area contributed by atoms with Crippen LogP contribution in [0.25, 0.3) is 21.8 Å². The van der Waals surface area contributed by atoms with Gasteiger partial charge in [-0.05, 0) is 24.3 Å². The van der Waals surface area contributed by atoms with Crippen molar-refractivity contribution in [1.29, 1.82) is 0 Å². The summed E-state index contributed by atoms with van der Waals surface area (Å²) in [5, 5.41) is 2.67. The minimum Gasteiger partial charge on any atom is -0.424 e. The number of hydrogen-bond acceptors (Lipinski definition) is 2. The van der Waals surface area contributed by atoms with Gasteiger partial charge in [0.1, 0.15) is 12.3 Å². The Kier molecular flexibility index (Phi) is 3.71. The molecule has 0 unspecified atom stereocenters. The molecule has 0 N–H and O–H groups in total. The third kappa shape index (κ3) is 2.53. The molecule has 1 heterocycles. The lowest BCUT2D eigenvalue weighted by Gasteiger charge is -2.09. The summed E-state index contributed by atoms with van der Waals surface area (Å²) in [6.07, 6.45) is 0. The van der Waals surface area contributed by atoms with E-state index in [0.29, 0.717) is 10.8 Å². The average molecular weight is 336 g/mol. The van der Waals surface area contributed by atoms with Crippen LogP contribution in [0.5, 0.6) is 5.75 Å². The number of ether oxygens (including phenoxy) is 1. The van der Waals surface area contributed by atoms with E-state index >= 15 is 0 Å². The predicted octanol–water partition coefficient (Wildman–Crippen LogP) is 5.05. The van der Waals surface area contributed by atoms with Crippen molar-refractivity contribution in [2.24, 2.45) is 0 Å². The number of aromatic nitrogens is 1. The highest BCUT2D eigenvalue weighted by molar-refractivity contribution is 6.32. The molecule has 0 fully saturated rings. The van der Waals surface area contributed by atoms with Crippen molar-refractivity contribution in [3.63, 3.8) is 0 Å². The van der Waals surface area contributed by atoms with Crippen molar-refractivity contribution in [3.05, 3.63) is 77.8 Å². The van der Waals surface area contributed by atoms with Gasteiger partial charge in [0.15, 0.2) is 0 Å². The molecule has 0 aliphatic carbocycles. The Morgan fingerprint density at radius 1 is 0.833 bits per heavy atom. The molecule has 0 bridgehead atoms. The van der Waals surface area contributed by atoms with Gasteiger partial charge in [0, 0.05) is 21.8 Å². The first-order valence-corrected chi connectivity index (χ1v) is 8.03. The van der Waals surface area contributed by atoms with Gasteiger partial charge < -0.3 is 9.30 Å². The van der Waals surface area contributed by atoms with E-state index in [4.69, 9.17) is 16.3 Å². The number of hydrogen-bond donors (Lipinski definition) is 0. The van der Waals surface area contributed by atoms with Gasteiger partial charge in [-0.15, -0.1) is 0 Å². The molecular weight excluding hydrogens is 322 g/mol. The second kappa shape index (κ2) is 6.02. The van der Waals surface area contributed by atoms with E-state index in [0.717, 1.165) is 21.8 Å². The van der Waals surface area contributed by atoms with Gasteiger partial charge in [-0.3, -0.25) is 0 Å². The fourth-order valence-corrected chi connectivity index (χ4v) is 3.16. The first-order valence-electron chi connectivity index (χ1n) is 7.65. The van der Waals surface area contributed by atoms with Crippen LogP contribution >= 0.6 is 11.6 Å². The van der Waals surface area contributed by atoms with E-state index in [1.165, 1.54) is 0 Å². The van der Waals surface area contributed by atoms with Gasteiger partial charge >= 0.3 is 5.97 Å². The molecule has 4 aromatic rings. The molecule has 4 heteroatoms. The summed E-state index contributed by atoms with van der Waals surface area (Å²) in [5.74, 6) is 0.0274. The van der Waals surface area contributed by atoms with Gasteiger partial charge in [-0.25, -0.2) is 4.79 Å². The number of rotatable bonds is 3. The second-order valence-electron chi connectivity index (χ2n) is 5.52. The largest absolute Gasteiger partial charge is 0.424 e. The maximum atomic E-state index is 12.4. The SMILES string of the molecule is O=C(Cn1c2ccccc2c2ccccc21)Oc1ccccc1Cl. The minimum atomic E-state index is -0.352. The Labute approximate surface area is 144 Å². The number of para-hydroxylation sites is 3. The highest BCUT2D eigenvalue weighted by atomic mass is 35.5. The van der Waals surface area contributed by atoms with Crippen molar-refractivity contribution >= 4 is 39.4 Å². The fourth-order valence-electron chi connectivity index (χ4n) is 2.99. The van der Waals surface area contributed by atoms with Crippen molar-refractivity contribution in [1.82, 2.24) is 4.57 Å². The van der Waals surface area contributed by atoms with Crippen LogP contribution in [0.3, 0.4) is 0 Å². The van der Waals surface area contributed by atoms with Crippen molar-refractivity contribution in [2.45, 2.75) is 6.54 Å². The molecule has 0 saturated heterocycles. The molecule has 4 rings (SSSR count). The van der Waals surface area contributed by atoms with Crippen LogP contribution in [0.15, 0.2) is 72.8 Å². The quantitative estimate of drug-likeness (QED) is 0.387. The number of carbonyl (C=O) groups excluding carboxylic acids is 1. The monoisotopic (exact) mass is 335 g/mol. The van der Waals surface area contributed by atoms with Crippen molar-refractivity contribution < 1.29 is 9.53 Å². The zero-order valence-electron chi connectivity index (χ0n) is 12.8. The Morgan fingerprint density at radius 3 is 2.00 bits per heavy atom. The summed E-state index contributed by atoms with van der Waals surface area (Å²) >= 11 is 6.06. The van der Waals surface area contributed by atoms with Crippen LogP contribution in [0, 0.1) is 0 Å². The maximum absolute atomic E-state index is 12.4. The standard InChI is InChI=1S/C20H14ClNO2/c21-16-9-3-6-12-19(16)24-20(23)13-22-17-10-4-1-7-14(17)15-8-2-5-11-18(15)22/h1-12H,13H2. The number of nitrogens with zero attached hydrogens (tertiary/aromatic N) is 1. The molecule has 0 aliphatic heterocycles. The van der Waals surface area contributed by atoms with E-state index in [9.17, 15) is 4.79 Å². The Hall–Kier alpha value is -2.78. The van der Waals surface area contributed by atoms with Gasteiger partial charge in [-0.2, -0.15) is 0 Å². The van der Waals surface area contributed by atoms with Crippen LogP contribution in [-0.2, 0) is 11.3 Å². The highest BCUT2D eigenvalue weighted by Gasteiger charge is 2.14. The summed E-state index contributed by atoms with van der Waals surface area (Å²) in [5.41, 5.74) is 2.02. The van der Waals surface area contributed by atoms with E-state index in [2.05, 4.69) is 12.1 Å². The summed E-state index contributed by atoms with van der Waals surface area (Å²) in [7, 11) is 0. The maximum Gasteiger partial charge on any atom is 0.331 e. The molecule has 0 amide bonds. The summed E-state index contributed by atoms with van der Waals surface area (Å²) in [4.78, 5) is 12.4. The molecule has 118 valence electrons. The molecule has 1 aromatic heterocycles. The molecule has 24 heavy (non-hydrogen) atoms. The number of benzene rings is 3. The molecule has 0 saturated carbocycles. The van der Waals surface area contributed by atoms with E-state index in [1.807, 2.05) is 41.0 Å². The van der Waals surface area contributed by atoms with Crippen LogP contribution in [-0.4, -0.2) is 10.5 Å². The molecule has 0 aliphatic rings. The summed E-state index contributed by atoms with van der Waals surface area (Å²) in [6.45, 7) is 0.124. The number of carbonyl (C=O) groups is 1. The third-order valence-electron chi connectivity index (χ3n) is 4.03.